The summed E-state index contributed by atoms with van der Waals surface area (Å²) >= 11 is 0. The average Bonchev–Trinajstić information content (AvgIpc) is 4.44. The fourth-order valence-corrected chi connectivity index (χ4v) is 12.9. The topological polar surface area (TPSA) is 41.6 Å². The fraction of sp³-hybridized carbons (Fsp3) is 0.0882. The van der Waals surface area contributed by atoms with Crippen LogP contribution in [0.5, 0.6) is 0 Å². The van der Waals surface area contributed by atoms with Crippen molar-refractivity contribution in [2.45, 2.75) is 39.5 Å². The minimum absolute atomic E-state index is 0.325. The van der Waals surface area contributed by atoms with Gasteiger partial charge in [0.1, 0.15) is 11.2 Å². The highest BCUT2D eigenvalue weighted by Crippen LogP contribution is 2.51. The monoisotopic (exact) mass is 952 g/mol. The first-order valence-corrected chi connectivity index (χ1v) is 25.9. The van der Waals surface area contributed by atoms with Gasteiger partial charge in [-0.25, -0.2) is 0 Å². The van der Waals surface area contributed by atoms with Crippen LogP contribution < -0.4 is 9.80 Å². The Morgan fingerprint density at radius 3 is 1.08 bits per heavy atom. The Bertz CT molecular complexity index is 4610. The Morgan fingerprint density at radius 2 is 0.662 bits per heavy atom. The molecule has 352 valence electrons. The molecule has 0 atom stereocenters. The van der Waals surface area contributed by atoms with Crippen LogP contribution in [0, 0.1) is 0 Å². The molecule has 10 aromatic carbocycles. The Hall–Kier alpha value is -9.26. The van der Waals surface area contributed by atoms with Crippen molar-refractivity contribution < 1.29 is 8.83 Å². The van der Waals surface area contributed by atoms with Crippen molar-refractivity contribution >= 4 is 143 Å². The maximum atomic E-state index is 6.99. The molecular formula is C68H48N4O2. The van der Waals surface area contributed by atoms with Gasteiger partial charge in [-0.15, -0.1) is 0 Å². The van der Waals surface area contributed by atoms with Crippen LogP contribution in [0.15, 0.2) is 215 Å². The summed E-state index contributed by atoms with van der Waals surface area (Å²) in [6.07, 6.45) is 0. The predicted octanol–water partition coefficient (Wildman–Crippen LogP) is 19.8. The highest BCUT2D eigenvalue weighted by atomic mass is 16.3. The fourth-order valence-electron chi connectivity index (χ4n) is 12.9. The van der Waals surface area contributed by atoms with Gasteiger partial charge < -0.3 is 27.4 Å². The molecule has 6 heteroatoms. The van der Waals surface area contributed by atoms with Crippen molar-refractivity contribution in [3.8, 4) is 0 Å². The molecule has 74 heavy (non-hydrogen) atoms. The highest BCUT2D eigenvalue weighted by Gasteiger charge is 2.29. The molecule has 6 heterocycles. The number of rotatable bonds is 8. The van der Waals surface area contributed by atoms with Gasteiger partial charge in [-0.1, -0.05) is 173 Å². The van der Waals surface area contributed by atoms with Gasteiger partial charge in [0.15, 0.2) is 11.2 Å². The largest absolute Gasteiger partial charge is 0.454 e. The van der Waals surface area contributed by atoms with Crippen LogP contribution in [-0.2, 0) is 0 Å². The third-order valence-corrected chi connectivity index (χ3v) is 16.1. The molecule has 0 aliphatic heterocycles. The maximum absolute atomic E-state index is 6.99. The summed E-state index contributed by atoms with van der Waals surface area (Å²) in [5, 5.41) is 11.9. The number of furan rings is 2. The maximum Gasteiger partial charge on any atom is 0.159 e. The molecule has 0 fully saturated rings. The molecule has 0 bridgehead atoms. The van der Waals surface area contributed by atoms with Gasteiger partial charge >= 0.3 is 0 Å². The van der Waals surface area contributed by atoms with Crippen molar-refractivity contribution in [3.63, 3.8) is 0 Å². The molecule has 0 aliphatic carbocycles. The molecule has 0 saturated heterocycles. The van der Waals surface area contributed by atoms with Gasteiger partial charge in [0, 0.05) is 76.6 Å². The molecule has 0 spiro atoms. The molecule has 6 aromatic heterocycles. The zero-order valence-electron chi connectivity index (χ0n) is 41.4. The van der Waals surface area contributed by atoms with E-state index in [2.05, 4.69) is 253 Å². The first-order valence-electron chi connectivity index (χ1n) is 25.9. The van der Waals surface area contributed by atoms with E-state index in [9.17, 15) is 0 Å². The van der Waals surface area contributed by atoms with Crippen molar-refractivity contribution in [1.29, 1.82) is 0 Å². The van der Waals surface area contributed by atoms with E-state index in [0.29, 0.717) is 11.8 Å². The van der Waals surface area contributed by atoms with Crippen molar-refractivity contribution in [3.05, 3.63) is 217 Å². The van der Waals surface area contributed by atoms with E-state index >= 15 is 0 Å². The minimum atomic E-state index is 0.325. The van der Waals surface area contributed by atoms with Gasteiger partial charge in [0.25, 0.3) is 0 Å². The Balaban J connectivity index is 0.950. The van der Waals surface area contributed by atoms with Crippen LogP contribution in [0.3, 0.4) is 0 Å². The van der Waals surface area contributed by atoms with Crippen LogP contribution in [0.25, 0.3) is 109 Å². The second-order valence-electron chi connectivity index (χ2n) is 20.8. The molecule has 6 nitrogen and oxygen atoms in total. The molecule has 0 N–H and O–H groups in total. The van der Waals surface area contributed by atoms with E-state index in [4.69, 9.17) is 8.83 Å². The highest BCUT2D eigenvalue weighted by molar-refractivity contribution is 6.32. The summed E-state index contributed by atoms with van der Waals surface area (Å²) in [5.41, 5.74) is 19.6. The average molecular weight is 953 g/mol. The molecule has 16 aromatic rings. The summed E-state index contributed by atoms with van der Waals surface area (Å²) in [6.45, 7) is 8.95. The van der Waals surface area contributed by atoms with Crippen molar-refractivity contribution in [1.82, 2.24) is 8.80 Å². The third-order valence-electron chi connectivity index (χ3n) is 16.1. The number of aromatic nitrogens is 2. The number of para-hydroxylation sites is 8. The number of hydrogen-bond donors (Lipinski definition) is 0. The van der Waals surface area contributed by atoms with E-state index in [1.165, 1.54) is 65.5 Å². The Kier molecular flexibility index (Phi) is 8.46. The molecule has 0 radical (unpaired) electrons. The molecule has 0 aliphatic rings. The van der Waals surface area contributed by atoms with Gasteiger partial charge in [0.2, 0.25) is 0 Å². The molecular weight excluding hydrogens is 905 g/mol. The minimum Gasteiger partial charge on any atom is -0.454 e. The van der Waals surface area contributed by atoms with Crippen LogP contribution in [0.2, 0.25) is 0 Å². The van der Waals surface area contributed by atoms with E-state index in [1.807, 2.05) is 0 Å². The van der Waals surface area contributed by atoms with Gasteiger partial charge in [-0.05, 0) is 83.6 Å². The number of nitrogens with zero attached hydrogens (tertiary/aromatic N) is 4. The lowest BCUT2D eigenvalue weighted by Gasteiger charge is -2.25. The zero-order valence-corrected chi connectivity index (χ0v) is 41.4. The van der Waals surface area contributed by atoms with E-state index in [1.54, 1.807) is 0 Å². The van der Waals surface area contributed by atoms with E-state index in [-0.39, 0.29) is 0 Å². The lowest BCUT2D eigenvalue weighted by molar-refractivity contribution is 0.657. The molecule has 16 rings (SSSR count). The van der Waals surface area contributed by atoms with Crippen molar-refractivity contribution in [2.75, 3.05) is 9.80 Å². The quantitative estimate of drug-likeness (QED) is 0.152. The van der Waals surface area contributed by atoms with Crippen LogP contribution in [0.4, 0.5) is 34.1 Å². The van der Waals surface area contributed by atoms with Gasteiger partial charge in [-0.3, -0.25) is 0 Å². The first-order chi connectivity index (χ1) is 36.4. The molecule has 0 unspecified atom stereocenters. The second-order valence-corrected chi connectivity index (χ2v) is 20.8. The third kappa shape index (κ3) is 5.49. The lowest BCUT2D eigenvalue weighted by atomic mass is 10.0. The van der Waals surface area contributed by atoms with Gasteiger partial charge in [-0.2, -0.15) is 0 Å². The summed E-state index contributed by atoms with van der Waals surface area (Å²) < 4.78 is 19.1. The SMILES string of the molecule is CC(C)c1cccc2c1oc1c(N(c3ccccc3)c3ccc4c5cccc6c5n(c4c3)c3c4cccc5c7ccc(N(c8ccccc8)c8cccc9c8oc8c(C(C)C)cccc89)cc7n(c54)c63)cccc12. The smallest absolute Gasteiger partial charge is 0.159 e. The summed E-state index contributed by atoms with van der Waals surface area (Å²) in [5.74, 6) is 0.650. The Labute approximate surface area is 425 Å². The molecule has 0 amide bonds. The molecule has 0 saturated carbocycles. The predicted molar refractivity (Wildman–Crippen MR) is 310 cm³/mol. The van der Waals surface area contributed by atoms with Crippen LogP contribution in [0.1, 0.15) is 50.7 Å². The standard InChI is InChI=1S/C68H48N4O2/c1-39(2)45-21-11-25-51-53-27-15-31-57(67(53)73-65(45)51)69(41-17-7-5-8-18-41)43-33-35-47-49-23-13-29-55-61(49)71(59(47)37-43)63-56-30-14-24-50-48-36-34-44(38-60(48)72(62(50)56)64(55)63)70(42-19-9-6-10-20-42)58-32-16-28-54-52-26-12-22-46(40(3)4)66(52)74-68(54)58/h5-40H,1-4H3. The Morgan fingerprint density at radius 1 is 0.297 bits per heavy atom. The number of hydrogen-bond acceptors (Lipinski definition) is 4. The van der Waals surface area contributed by atoms with Crippen LogP contribution in [-0.4, -0.2) is 8.80 Å². The number of anilines is 6. The van der Waals surface area contributed by atoms with Crippen molar-refractivity contribution in [2.24, 2.45) is 0 Å². The van der Waals surface area contributed by atoms with Gasteiger partial charge in [0.05, 0.1) is 44.5 Å². The van der Waals surface area contributed by atoms with E-state index < -0.39 is 0 Å². The van der Waals surface area contributed by atoms with E-state index in [0.717, 1.165) is 89.0 Å². The second kappa shape index (κ2) is 15.1. The summed E-state index contributed by atoms with van der Waals surface area (Å²) in [6, 6.07) is 75.4. The summed E-state index contributed by atoms with van der Waals surface area (Å²) in [4.78, 5) is 4.74. The lowest BCUT2D eigenvalue weighted by Crippen LogP contribution is -2.10. The summed E-state index contributed by atoms with van der Waals surface area (Å²) in [7, 11) is 0. The normalized spacial score (nSPS) is 12.6. The van der Waals surface area contributed by atoms with Crippen LogP contribution >= 0.6 is 0 Å². The number of fused-ring (bicyclic) bond motifs is 17. The zero-order chi connectivity index (χ0) is 49.1. The number of benzene rings is 10. The first kappa shape index (κ1) is 41.4.